The van der Waals surface area contributed by atoms with Gasteiger partial charge in [0, 0.05) is 32.7 Å². The van der Waals surface area contributed by atoms with Crippen LogP contribution in [0.3, 0.4) is 0 Å². The van der Waals surface area contributed by atoms with Gasteiger partial charge in [0.2, 0.25) is 0 Å². The number of fused-ring (bicyclic) bond motifs is 1. The summed E-state index contributed by atoms with van der Waals surface area (Å²) in [5, 5.41) is 0.829. The number of unbranched alkanes of at least 4 members (excludes halogenated alkanes) is 1. The Bertz CT molecular complexity index is 956. The van der Waals surface area contributed by atoms with Gasteiger partial charge in [-0.25, -0.2) is 4.79 Å². The van der Waals surface area contributed by atoms with E-state index in [4.69, 9.17) is 11.6 Å². The number of para-hydroxylation sites is 3. The van der Waals surface area contributed by atoms with E-state index in [1.54, 1.807) is 0 Å². The van der Waals surface area contributed by atoms with Gasteiger partial charge in [0.25, 0.3) is 0 Å². The molecule has 0 saturated carbocycles. The number of anilines is 1. The molecule has 0 bridgehead atoms. The van der Waals surface area contributed by atoms with Crippen LogP contribution in [0.2, 0.25) is 5.02 Å². The molecule has 2 heterocycles. The summed E-state index contributed by atoms with van der Waals surface area (Å²) in [7, 11) is 0. The molecule has 1 aliphatic heterocycles. The average molecular weight is 385 g/mol. The summed E-state index contributed by atoms with van der Waals surface area (Å²) >= 11 is 6.31. The lowest BCUT2D eigenvalue weighted by Crippen LogP contribution is -2.46. The monoisotopic (exact) mass is 384 g/mol. The fourth-order valence-electron chi connectivity index (χ4n) is 3.85. The van der Waals surface area contributed by atoms with Gasteiger partial charge in [-0.2, -0.15) is 0 Å². The lowest BCUT2D eigenvalue weighted by molar-refractivity contribution is 0.251. The molecule has 0 aliphatic carbocycles. The highest BCUT2D eigenvalue weighted by Crippen LogP contribution is 2.26. The number of H-pyrrole nitrogens is 1. The molecular formula is C21H25ClN4O. The van der Waals surface area contributed by atoms with E-state index < -0.39 is 0 Å². The summed E-state index contributed by atoms with van der Waals surface area (Å²) in [6.45, 7) is 5.96. The van der Waals surface area contributed by atoms with Crippen LogP contribution in [0.5, 0.6) is 0 Å². The quantitative estimate of drug-likeness (QED) is 0.660. The normalized spacial score (nSPS) is 15.5. The standard InChI is InChI=1S/C21H25ClN4O/c22-17-7-1-3-9-19(17)25-15-13-24(14-16-25)11-5-6-12-26-20-10-4-2-8-18(20)23-21(26)27/h1-4,7-10H,5-6,11-16H2,(H,23,27). The van der Waals surface area contributed by atoms with Crippen molar-refractivity contribution in [2.75, 3.05) is 37.6 Å². The number of rotatable bonds is 6. The Morgan fingerprint density at radius 1 is 0.889 bits per heavy atom. The number of aromatic amines is 1. The number of halogens is 1. The molecule has 142 valence electrons. The van der Waals surface area contributed by atoms with Gasteiger partial charge in [-0.15, -0.1) is 0 Å². The number of aryl methyl sites for hydroxylation is 1. The third-order valence-electron chi connectivity index (χ3n) is 5.35. The van der Waals surface area contributed by atoms with Gasteiger partial charge >= 0.3 is 5.69 Å². The number of piperazine rings is 1. The maximum Gasteiger partial charge on any atom is 0.326 e. The molecule has 1 aliphatic rings. The van der Waals surface area contributed by atoms with Gasteiger partial charge in [0.05, 0.1) is 21.7 Å². The van der Waals surface area contributed by atoms with E-state index in [9.17, 15) is 4.79 Å². The van der Waals surface area contributed by atoms with Gasteiger partial charge in [-0.1, -0.05) is 35.9 Å². The second kappa shape index (κ2) is 8.19. The first kappa shape index (κ1) is 18.1. The molecule has 0 spiro atoms. The Labute approximate surface area is 164 Å². The van der Waals surface area contributed by atoms with Crippen LogP contribution < -0.4 is 10.6 Å². The number of imidazole rings is 1. The first-order chi connectivity index (χ1) is 13.2. The van der Waals surface area contributed by atoms with Gasteiger partial charge < -0.3 is 9.88 Å². The van der Waals surface area contributed by atoms with Crippen molar-refractivity contribution < 1.29 is 0 Å². The van der Waals surface area contributed by atoms with E-state index in [1.165, 1.54) is 0 Å². The highest BCUT2D eigenvalue weighted by Gasteiger charge is 2.18. The second-order valence-electron chi connectivity index (χ2n) is 7.09. The Hall–Kier alpha value is -2.24. The number of aromatic nitrogens is 2. The van der Waals surface area contributed by atoms with Crippen molar-refractivity contribution in [3.63, 3.8) is 0 Å². The van der Waals surface area contributed by atoms with Crippen LogP contribution in [-0.4, -0.2) is 47.2 Å². The van der Waals surface area contributed by atoms with Crippen LogP contribution in [0.1, 0.15) is 12.8 Å². The van der Waals surface area contributed by atoms with Crippen LogP contribution in [0.4, 0.5) is 5.69 Å². The van der Waals surface area contributed by atoms with Crippen LogP contribution in [0.25, 0.3) is 11.0 Å². The van der Waals surface area contributed by atoms with Gasteiger partial charge in [-0.05, 0) is 43.7 Å². The van der Waals surface area contributed by atoms with Gasteiger partial charge in [-0.3, -0.25) is 9.47 Å². The van der Waals surface area contributed by atoms with Gasteiger partial charge in [0.1, 0.15) is 0 Å². The smallest absolute Gasteiger partial charge is 0.326 e. The molecule has 0 atom stereocenters. The van der Waals surface area contributed by atoms with Crippen LogP contribution >= 0.6 is 11.6 Å². The van der Waals surface area contributed by atoms with Crippen LogP contribution in [-0.2, 0) is 6.54 Å². The molecule has 1 N–H and O–H groups in total. The zero-order valence-corrected chi connectivity index (χ0v) is 16.2. The van der Waals surface area contributed by atoms with Crippen molar-refractivity contribution >= 4 is 28.3 Å². The molecule has 3 aromatic rings. The summed E-state index contributed by atoms with van der Waals surface area (Å²) in [5.41, 5.74) is 3.04. The summed E-state index contributed by atoms with van der Waals surface area (Å²) < 4.78 is 1.85. The van der Waals surface area contributed by atoms with Crippen molar-refractivity contribution in [1.29, 1.82) is 0 Å². The highest BCUT2D eigenvalue weighted by molar-refractivity contribution is 6.33. The van der Waals surface area contributed by atoms with Crippen LogP contribution in [0.15, 0.2) is 53.3 Å². The van der Waals surface area contributed by atoms with Crippen molar-refractivity contribution in [3.8, 4) is 0 Å². The molecule has 0 radical (unpaired) electrons. The van der Waals surface area contributed by atoms with Crippen molar-refractivity contribution in [1.82, 2.24) is 14.5 Å². The highest BCUT2D eigenvalue weighted by atomic mass is 35.5. The van der Waals surface area contributed by atoms with Crippen molar-refractivity contribution in [2.24, 2.45) is 0 Å². The van der Waals surface area contributed by atoms with Crippen molar-refractivity contribution in [2.45, 2.75) is 19.4 Å². The molecule has 6 heteroatoms. The lowest BCUT2D eigenvalue weighted by Gasteiger charge is -2.36. The topological polar surface area (TPSA) is 44.3 Å². The zero-order chi connectivity index (χ0) is 18.6. The summed E-state index contributed by atoms with van der Waals surface area (Å²) in [6, 6.07) is 15.9. The van der Waals surface area contributed by atoms with E-state index in [0.29, 0.717) is 0 Å². The lowest BCUT2D eigenvalue weighted by atomic mass is 10.2. The maximum atomic E-state index is 12.1. The average Bonchev–Trinajstić information content (AvgIpc) is 3.01. The first-order valence-corrected chi connectivity index (χ1v) is 9.99. The zero-order valence-electron chi connectivity index (χ0n) is 15.4. The molecular weight excluding hydrogens is 360 g/mol. The van der Waals surface area contributed by atoms with E-state index >= 15 is 0 Å². The van der Waals surface area contributed by atoms with E-state index in [1.807, 2.05) is 47.0 Å². The SMILES string of the molecule is O=c1[nH]c2ccccc2n1CCCCN1CCN(c2ccccc2Cl)CC1. The largest absolute Gasteiger partial charge is 0.368 e. The summed E-state index contributed by atoms with van der Waals surface area (Å²) in [5.74, 6) is 0. The summed E-state index contributed by atoms with van der Waals surface area (Å²) in [6.07, 6.45) is 2.10. The first-order valence-electron chi connectivity index (χ1n) is 9.62. The fraction of sp³-hybridized carbons (Fsp3) is 0.381. The third kappa shape index (κ3) is 4.04. The molecule has 1 fully saturated rings. The fourth-order valence-corrected chi connectivity index (χ4v) is 4.11. The van der Waals surface area contributed by atoms with E-state index in [2.05, 4.69) is 20.9 Å². The van der Waals surface area contributed by atoms with Crippen molar-refractivity contribution in [3.05, 3.63) is 64.0 Å². The Kier molecular flexibility index (Phi) is 5.50. The molecule has 27 heavy (non-hydrogen) atoms. The number of hydrogen-bond acceptors (Lipinski definition) is 3. The predicted molar refractivity (Wildman–Crippen MR) is 112 cm³/mol. The number of nitrogens with one attached hydrogen (secondary N) is 1. The molecule has 4 rings (SSSR count). The van der Waals surface area contributed by atoms with Gasteiger partial charge in [0.15, 0.2) is 0 Å². The number of benzene rings is 2. The Morgan fingerprint density at radius 3 is 2.41 bits per heavy atom. The predicted octanol–water partition coefficient (Wildman–Crippen LogP) is 3.59. The molecule has 5 nitrogen and oxygen atoms in total. The second-order valence-corrected chi connectivity index (χ2v) is 7.49. The minimum absolute atomic E-state index is 0.00967. The van der Waals surface area contributed by atoms with Crippen LogP contribution in [0, 0.1) is 0 Å². The minimum atomic E-state index is -0.00967. The number of hydrogen-bond donors (Lipinski definition) is 1. The molecule has 0 amide bonds. The molecule has 1 saturated heterocycles. The molecule has 0 unspecified atom stereocenters. The van der Waals surface area contributed by atoms with E-state index in [0.717, 1.165) is 73.9 Å². The Morgan fingerprint density at radius 2 is 1.59 bits per heavy atom. The minimum Gasteiger partial charge on any atom is -0.368 e. The Balaban J connectivity index is 1.24. The summed E-state index contributed by atoms with van der Waals surface area (Å²) in [4.78, 5) is 19.9. The third-order valence-corrected chi connectivity index (χ3v) is 5.67. The number of nitrogens with zero attached hydrogens (tertiary/aromatic N) is 3. The molecule has 1 aromatic heterocycles. The maximum absolute atomic E-state index is 12.1. The molecule has 2 aromatic carbocycles. The van der Waals surface area contributed by atoms with E-state index in [-0.39, 0.29) is 5.69 Å².